The van der Waals surface area contributed by atoms with E-state index in [2.05, 4.69) is 5.32 Å². The van der Waals surface area contributed by atoms with E-state index in [1.165, 1.54) is 12.1 Å². The Kier molecular flexibility index (Phi) is 5.62. The molecule has 2 rings (SSSR count). The molecule has 2 aromatic carbocycles. The standard InChI is InChI=1S/C18H21NO4S/c1-13-4-8-16(9-5-13)23-12-18(20)19-14(2)15-6-10-17(11-7-15)24(3,21)22/h4-11,14H,12H2,1-3H3,(H,19,20)/t14-/m1/s1. The molecule has 0 saturated heterocycles. The van der Waals surface area contributed by atoms with Gasteiger partial charge in [-0.05, 0) is 43.7 Å². The van der Waals surface area contributed by atoms with Gasteiger partial charge in [0.15, 0.2) is 16.4 Å². The smallest absolute Gasteiger partial charge is 0.258 e. The quantitative estimate of drug-likeness (QED) is 0.872. The van der Waals surface area contributed by atoms with Crippen LogP contribution in [0.5, 0.6) is 5.75 Å². The van der Waals surface area contributed by atoms with Crippen molar-refractivity contribution in [1.29, 1.82) is 0 Å². The third kappa shape index (κ3) is 5.09. The Hall–Kier alpha value is -2.34. The summed E-state index contributed by atoms with van der Waals surface area (Å²) in [4.78, 5) is 12.2. The number of aryl methyl sites for hydroxylation is 1. The van der Waals surface area contributed by atoms with Crippen LogP contribution in [0.25, 0.3) is 0 Å². The molecule has 0 spiro atoms. The molecule has 0 bridgehead atoms. The van der Waals surface area contributed by atoms with E-state index in [0.29, 0.717) is 5.75 Å². The lowest BCUT2D eigenvalue weighted by Crippen LogP contribution is -2.31. The molecule has 0 fully saturated rings. The van der Waals surface area contributed by atoms with Crippen LogP contribution in [0.4, 0.5) is 0 Å². The molecule has 5 nitrogen and oxygen atoms in total. The zero-order valence-corrected chi connectivity index (χ0v) is 14.8. The van der Waals surface area contributed by atoms with Gasteiger partial charge in [0.1, 0.15) is 5.75 Å². The molecule has 0 unspecified atom stereocenters. The Balaban J connectivity index is 1.90. The summed E-state index contributed by atoms with van der Waals surface area (Å²) < 4.78 is 28.3. The largest absolute Gasteiger partial charge is 0.484 e. The third-order valence-corrected chi connectivity index (χ3v) is 4.71. The van der Waals surface area contributed by atoms with Gasteiger partial charge in [0.05, 0.1) is 10.9 Å². The van der Waals surface area contributed by atoms with E-state index in [9.17, 15) is 13.2 Å². The molecule has 0 saturated carbocycles. The molecule has 0 radical (unpaired) electrons. The highest BCUT2D eigenvalue weighted by atomic mass is 32.2. The fourth-order valence-corrected chi connectivity index (χ4v) is 2.78. The summed E-state index contributed by atoms with van der Waals surface area (Å²) in [7, 11) is -3.22. The van der Waals surface area contributed by atoms with Crippen LogP contribution in [-0.4, -0.2) is 27.2 Å². The summed E-state index contributed by atoms with van der Waals surface area (Å²) in [5, 5.41) is 2.82. The van der Waals surface area contributed by atoms with Crippen molar-refractivity contribution in [3.63, 3.8) is 0 Å². The van der Waals surface area contributed by atoms with E-state index in [-0.39, 0.29) is 23.5 Å². The first-order valence-corrected chi connectivity index (χ1v) is 9.44. The van der Waals surface area contributed by atoms with E-state index in [0.717, 1.165) is 17.4 Å². The number of hydrogen-bond donors (Lipinski definition) is 1. The maximum atomic E-state index is 12.0. The van der Waals surface area contributed by atoms with Gasteiger partial charge in [-0.1, -0.05) is 29.8 Å². The summed E-state index contributed by atoms with van der Waals surface area (Å²) in [6, 6.07) is 13.7. The summed E-state index contributed by atoms with van der Waals surface area (Å²) in [5.74, 6) is 0.399. The van der Waals surface area contributed by atoms with Crippen LogP contribution in [0.3, 0.4) is 0 Å². The highest BCUT2D eigenvalue weighted by Gasteiger charge is 2.12. The van der Waals surface area contributed by atoms with Crippen molar-refractivity contribution >= 4 is 15.7 Å². The molecule has 6 heteroatoms. The summed E-state index contributed by atoms with van der Waals surface area (Å²) in [6.07, 6.45) is 1.16. The Bertz CT molecular complexity index is 796. The molecule has 2 aromatic rings. The monoisotopic (exact) mass is 347 g/mol. The van der Waals surface area contributed by atoms with Gasteiger partial charge in [-0.15, -0.1) is 0 Å². The normalized spacial score (nSPS) is 12.5. The first-order valence-electron chi connectivity index (χ1n) is 7.54. The maximum Gasteiger partial charge on any atom is 0.258 e. The van der Waals surface area contributed by atoms with Gasteiger partial charge in [0.25, 0.3) is 5.91 Å². The number of nitrogens with one attached hydrogen (secondary N) is 1. The minimum atomic E-state index is -3.22. The second-order valence-electron chi connectivity index (χ2n) is 5.73. The molecule has 1 atom stereocenters. The number of ether oxygens (including phenoxy) is 1. The van der Waals surface area contributed by atoms with Gasteiger partial charge in [-0.3, -0.25) is 4.79 Å². The number of benzene rings is 2. The SMILES string of the molecule is Cc1ccc(OCC(=O)N[C@H](C)c2ccc(S(C)(=O)=O)cc2)cc1. The van der Waals surface area contributed by atoms with Crippen LogP contribution in [0.2, 0.25) is 0 Å². The molecule has 0 aromatic heterocycles. The highest BCUT2D eigenvalue weighted by molar-refractivity contribution is 7.90. The van der Waals surface area contributed by atoms with Gasteiger partial charge in [-0.2, -0.15) is 0 Å². The van der Waals surface area contributed by atoms with Crippen molar-refractivity contribution in [3.8, 4) is 5.75 Å². The maximum absolute atomic E-state index is 12.0. The number of hydrogen-bond acceptors (Lipinski definition) is 4. The number of carbonyl (C=O) groups excluding carboxylic acids is 1. The lowest BCUT2D eigenvalue weighted by molar-refractivity contribution is -0.123. The minimum Gasteiger partial charge on any atom is -0.484 e. The summed E-state index contributed by atoms with van der Waals surface area (Å²) >= 11 is 0. The van der Waals surface area contributed by atoms with Crippen molar-refractivity contribution in [2.45, 2.75) is 24.8 Å². The number of rotatable bonds is 6. The fourth-order valence-electron chi connectivity index (χ4n) is 2.15. The van der Waals surface area contributed by atoms with Crippen molar-refractivity contribution in [2.24, 2.45) is 0 Å². The van der Waals surface area contributed by atoms with Crippen molar-refractivity contribution in [1.82, 2.24) is 5.32 Å². The molecule has 0 heterocycles. The van der Waals surface area contributed by atoms with Crippen LogP contribution in [-0.2, 0) is 14.6 Å². The van der Waals surface area contributed by atoms with Gasteiger partial charge in [0, 0.05) is 6.26 Å². The fraction of sp³-hybridized carbons (Fsp3) is 0.278. The Morgan fingerprint density at radius 2 is 1.67 bits per heavy atom. The van der Waals surface area contributed by atoms with E-state index in [4.69, 9.17) is 4.74 Å². The molecule has 24 heavy (non-hydrogen) atoms. The van der Waals surface area contributed by atoms with E-state index in [1.807, 2.05) is 38.1 Å². The minimum absolute atomic E-state index is 0.0746. The second-order valence-corrected chi connectivity index (χ2v) is 7.75. The lowest BCUT2D eigenvalue weighted by Gasteiger charge is -2.15. The van der Waals surface area contributed by atoms with Gasteiger partial charge in [0.2, 0.25) is 0 Å². The molecule has 128 valence electrons. The van der Waals surface area contributed by atoms with Crippen molar-refractivity contribution < 1.29 is 17.9 Å². The second kappa shape index (κ2) is 7.49. The predicted molar refractivity (Wildman–Crippen MR) is 92.8 cm³/mol. The number of sulfone groups is 1. The lowest BCUT2D eigenvalue weighted by atomic mass is 10.1. The van der Waals surface area contributed by atoms with Crippen LogP contribution >= 0.6 is 0 Å². The Morgan fingerprint density at radius 1 is 1.08 bits per heavy atom. The number of amides is 1. The molecule has 0 aliphatic carbocycles. The number of carbonyl (C=O) groups is 1. The van der Waals surface area contributed by atoms with Crippen LogP contribution in [0, 0.1) is 6.92 Å². The van der Waals surface area contributed by atoms with E-state index >= 15 is 0 Å². The molecule has 0 aliphatic heterocycles. The van der Waals surface area contributed by atoms with Gasteiger partial charge >= 0.3 is 0 Å². The first kappa shape index (κ1) is 18.0. The molecule has 1 amide bonds. The first-order chi connectivity index (χ1) is 11.3. The molecule has 0 aliphatic rings. The summed E-state index contributed by atoms with van der Waals surface area (Å²) in [5.41, 5.74) is 1.95. The molecular formula is C18H21NO4S. The average Bonchev–Trinajstić information content (AvgIpc) is 2.53. The molecule has 1 N–H and O–H groups in total. The Morgan fingerprint density at radius 3 is 2.21 bits per heavy atom. The average molecular weight is 347 g/mol. The van der Waals surface area contributed by atoms with Gasteiger partial charge in [-0.25, -0.2) is 8.42 Å². The van der Waals surface area contributed by atoms with Crippen LogP contribution in [0.1, 0.15) is 24.1 Å². The highest BCUT2D eigenvalue weighted by Crippen LogP contribution is 2.16. The molecular weight excluding hydrogens is 326 g/mol. The zero-order chi connectivity index (χ0) is 17.7. The summed E-state index contributed by atoms with van der Waals surface area (Å²) in [6.45, 7) is 3.74. The predicted octanol–water partition coefficient (Wildman–Crippen LogP) is 2.65. The van der Waals surface area contributed by atoms with Crippen molar-refractivity contribution in [3.05, 3.63) is 59.7 Å². The topological polar surface area (TPSA) is 72.5 Å². The third-order valence-electron chi connectivity index (χ3n) is 3.58. The Labute approximate surface area is 142 Å². The van der Waals surface area contributed by atoms with Crippen LogP contribution < -0.4 is 10.1 Å². The zero-order valence-electron chi connectivity index (χ0n) is 13.9. The van der Waals surface area contributed by atoms with Crippen LogP contribution in [0.15, 0.2) is 53.4 Å². The van der Waals surface area contributed by atoms with Crippen molar-refractivity contribution in [2.75, 3.05) is 12.9 Å². The van der Waals surface area contributed by atoms with E-state index < -0.39 is 9.84 Å². The van der Waals surface area contributed by atoms with E-state index in [1.54, 1.807) is 12.1 Å². The van der Waals surface area contributed by atoms with Gasteiger partial charge < -0.3 is 10.1 Å².